The van der Waals surface area contributed by atoms with Gasteiger partial charge in [0.1, 0.15) is 6.33 Å². The molecule has 1 aromatic carbocycles. The number of hydrogen-bond acceptors (Lipinski definition) is 5. The molecule has 27 heavy (non-hydrogen) atoms. The summed E-state index contributed by atoms with van der Waals surface area (Å²) in [7, 11) is 0. The Bertz CT molecular complexity index is 876. The number of aromatic nitrogens is 3. The number of aromatic amines is 1. The second-order valence-corrected chi connectivity index (χ2v) is 7.38. The van der Waals surface area contributed by atoms with Crippen molar-refractivity contribution < 1.29 is 9.53 Å². The van der Waals surface area contributed by atoms with Gasteiger partial charge in [-0.2, -0.15) is 10.1 Å². The number of carbonyl (C=O) groups is 1. The number of nitrogens with zero attached hydrogens (tertiary/aromatic N) is 4. The van der Waals surface area contributed by atoms with Crippen LogP contribution < -0.4 is 0 Å². The molecule has 7 nitrogen and oxygen atoms in total. The van der Waals surface area contributed by atoms with Gasteiger partial charge in [-0.3, -0.25) is 4.79 Å². The van der Waals surface area contributed by atoms with Gasteiger partial charge in [0.05, 0.1) is 19.3 Å². The number of morpholine rings is 1. The maximum atomic E-state index is 12.9. The number of nitrogens with one attached hydrogen (secondary N) is 1. The third-order valence-electron chi connectivity index (χ3n) is 4.40. The van der Waals surface area contributed by atoms with E-state index in [0.29, 0.717) is 31.2 Å². The molecule has 1 atom stereocenters. The van der Waals surface area contributed by atoms with E-state index in [9.17, 15) is 4.79 Å². The molecule has 1 N–H and O–H groups in total. The lowest BCUT2D eigenvalue weighted by atomic mass is 10.1. The lowest BCUT2D eigenvalue weighted by Gasteiger charge is -2.33. The minimum atomic E-state index is -0.156. The van der Waals surface area contributed by atoms with Crippen LogP contribution in [0.3, 0.4) is 0 Å². The summed E-state index contributed by atoms with van der Waals surface area (Å²) in [5.41, 5.74) is 3.58. The smallest absolute Gasteiger partial charge is 0.254 e. The topological polar surface area (TPSA) is 83.5 Å². The fourth-order valence-electron chi connectivity index (χ4n) is 2.89. The van der Waals surface area contributed by atoms with Crippen molar-refractivity contribution in [2.75, 3.05) is 19.7 Å². The van der Waals surface area contributed by atoms with Crippen LogP contribution in [0.1, 0.15) is 29.8 Å². The zero-order valence-electron chi connectivity index (χ0n) is 15.6. The van der Waals surface area contributed by atoms with Gasteiger partial charge in [-0.25, -0.2) is 10.1 Å². The van der Waals surface area contributed by atoms with E-state index < -0.39 is 0 Å². The highest BCUT2D eigenvalue weighted by Gasteiger charge is 2.26. The minimum Gasteiger partial charge on any atom is -0.370 e. The van der Waals surface area contributed by atoms with Gasteiger partial charge in [0.15, 0.2) is 0 Å². The summed E-state index contributed by atoms with van der Waals surface area (Å²) in [4.78, 5) is 23.0. The van der Waals surface area contributed by atoms with Crippen molar-refractivity contribution in [2.45, 2.75) is 26.9 Å². The van der Waals surface area contributed by atoms with Crippen LogP contribution >= 0.6 is 15.9 Å². The second kappa shape index (κ2) is 8.58. The molecule has 1 amide bonds. The lowest BCUT2D eigenvalue weighted by molar-refractivity contribution is -0.00445. The molecule has 0 spiro atoms. The summed E-state index contributed by atoms with van der Waals surface area (Å²) in [6, 6.07) is 5.69. The van der Waals surface area contributed by atoms with Gasteiger partial charge in [0.25, 0.3) is 5.91 Å². The molecule has 8 heteroatoms. The molecule has 1 aliphatic heterocycles. The molecule has 2 heterocycles. The van der Waals surface area contributed by atoms with E-state index in [4.69, 9.17) is 4.74 Å². The third kappa shape index (κ3) is 4.90. The Morgan fingerprint density at radius 1 is 1.44 bits per heavy atom. The van der Waals surface area contributed by atoms with Crippen molar-refractivity contribution in [3.8, 4) is 0 Å². The molecule has 0 saturated carbocycles. The monoisotopic (exact) mass is 431 g/mol. The first-order valence-electron chi connectivity index (χ1n) is 8.70. The number of H-pyrrole nitrogens is 1. The van der Waals surface area contributed by atoms with Crippen LogP contribution in [0.15, 0.2) is 45.6 Å². The Balaban J connectivity index is 1.70. The van der Waals surface area contributed by atoms with Crippen LogP contribution in [0.2, 0.25) is 0 Å². The third-order valence-corrected chi connectivity index (χ3v) is 5.26. The Hall–Kier alpha value is -2.32. The second-order valence-electron chi connectivity index (χ2n) is 6.53. The first kappa shape index (κ1) is 19.4. The Labute approximate surface area is 166 Å². The predicted molar refractivity (Wildman–Crippen MR) is 107 cm³/mol. The van der Waals surface area contributed by atoms with Crippen molar-refractivity contribution in [2.24, 2.45) is 4.99 Å². The quantitative estimate of drug-likeness (QED) is 0.751. The molecule has 3 rings (SSSR count). The van der Waals surface area contributed by atoms with E-state index in [1.165, 1.54) is 6.33 Å². The van der Waals surface area contributed by atoms with Gasteiger partial charge in [-0.15, -0.1) is 0 Å². The van der Waals surface area contributed by atoms with E-state index in [1.807, 2.05) is 49.9 Å². The van der Waals surface area contributed by atoms with Gasteiger partial charge >= 0.3 is 0 Å². The average molecular weight is 432 g/mol. The fraction of sp³-hybridized carbons (Fsp3) is 0.368. The summed E-state index contributed by atoms with van der Waals surface area (Å²) < 4.78 is 6.81. The van der Waals surface area contributed by atoms with Gasteiger partial charge in [-0.1, -0.05) is 22.0 Å². The van der Waals surface area contributed by atoms with Gasteiger partial charge in [-0.05, 0) is 50.1 Å². The molecular weight excluding hydrogens is 410 g/mol. The Morgan fingerprint density at radius 2 is 2.26 bits per heavy atom. The molecule has 0 bridgehead atoms. The SMILES string of the molecule is CC(/C=C(\C)C1CN(C(=O)c2ccc(C)c(Br)c2)CCO1)=Nc1ncn[nH]1. The standard InChI is InChI=1S/C19H22BrN5O2/c1-12-4-5-15(9-16(12)20)18(26)25-6-7-27-17(10-25)13(2)8-14(3)23-19-21-11-22-24-19/h4-5,8-9,11,17H,6-7,10H2,1-3H3,(H,21,22,24)/b13-8+,23-14?. The molecular formula is C19H22BrN5O2. The number of allylic oxidation sites excluding steroid dienone is 1. The zero-order chi connectivity index (χ0) is 19.4. The molecule has 1 unspecified atom stereocenters. The largest absolute Gasteiger partial charge is 0.370 e. The zero-order valence-corrected chi connectivity index (χ0v) is 17.2. The van der Waals surface area contributed by atoms with E-state index in [-0.39, 0.29) is 12.0 Å². The van der Waals surface area contributed by atoms with Crippen LogP contribution in [-0.2, 0) is 4.74 Å². The minimum absolute atomic E-state index is 0.0175. The molecule has 1 fully saturated rings. The highest BCUT2D eigenvalue weighted by atomic mass is 79.9. The van der Waals surface area contributed by atoms with Crippen molar-refractivity contribution in [3.63, 3.8) is 0 Å². The van der Waals surface area contributed by atoms with Crippen LogP contribution in [-0.4, -0.2) is 57.5 Å². The van der Waals surface area contributed by atoms with Gasteiger partial charge in [0.2, 0.25) is 5.95 Å². The van der Waals surface area contributed by atoms with Crippen LogP contribution in [0.5, 0.6) is 0 Å². The first-order valence-corrected chi connectivity index (χ1v) is 9.49. The van der Waals surface area contributed by atoms with Crippen molar-refractivity contribution in [1.29, 1.82) is 0 Å². The molecule has 1 aromatic heterocycles. The van der Waals surface area contributed by atoms with E-state index in [1.54, 1.807) is 0 Å². The van der Waals surface area contributed by atoms with Crippen LogP contribution in [0, 0.1) is 6.92 Å². The Morgan fingerprint density at radius 3 is 2.96 bits per heavy atom. The van der Waals surface area contributed by atoms with Gasteiger partial charge < -0.3 is 9.64 Å². The molecule has 2 aromatic rings. The highest BCUT2D eigenvalue weighted by Crippen LogP contribution is 2.21. The summed E-state index contributed by atoms with van der Waals surface area (Å²) in [5.74, 6) is 0.478. The number of benzene rings is 1. The number of hydrogen-bond donors (Lipinski definition) is 1. The van der Waals surface area contributed by atoms with E-state index in [2.05, 4.69) is 36.1 Å². The number of halogens is 1. The summed E-state index contributed by atoms with van der Waals surface area (Å²) in [5, 5.41) is 6.48. The number of ether oxygens (including phenoxy) is 1. The maximum absolute atomic E-state index is 12.9. The maximum Gasteiger partial charge on any atom is 0.254 e. The van der Waals surface area contributed by atoms with Crippen molar-refractivity contribution >= 4 is 33.5 Å². The van der Waals surface area contributed by atoms with Crippen molar-refractivity contribution in [3.05, 3.63) is 51.8 Å². The molecule has 0 radical (unpaired) electrons. The predicted octanol–water partition coefficient (Wildman–Crippen LogP) is 3.46. The number of aryl methyl sites for hydroxylation is 1. The highest BCUT2D eigenvalue weighted by molar-refractivity contribution is 9.10. The molecule has 142 valence electrons. The summed E-state index contributed by atoms with van der Waals surface area (Å²) in [6.07, 6.45) is 3.21. The van der Waals surface area contributed by atoms with Gasteiger partial charge in [0, 0.05) is 22.3 Å². The normalized spacial score (nSPS) is 18.7. The number of carbonyl (C=O) groups excluding carboxylic acids is 1. The van der Waals surface area contributed by atoms with Crippen molar-refractivity contribution in [1.82, 2.24) is 20.1 Å². The van der Waals surface area contributed by atoms with E-state index >= 15 is 0 Å². The molecule has 1 saturated heterocycles. The average Bonchev–Trinajstić information content (AvgIpc) is 3.16. The molecule has 1 aliphatic rings. The lowest BCUT2D eigenvalue weighted by Crippen LogP contribution is -2.46. The summed E-state index contributed by atoms with van der Waals surface area (Å²) in [6.45, 7) is 7.48. The Kier molecular flexibility index (Phi) is 6.18. The molecule has 0 aliphatic carbocycles. The van der Waals surface area contributed by atoms with Crippen LogP contribution in [0.25, 0.3) is 0 Å². The van der Waals surface area contributed by atoms with Crippen LogP contribution in [0.4, 0.5) is 5.95 Å². The van der Waals surface area contributed by atoms with E-state index in [0.717, 1.165) is 21.3 Å². The first-order chi connectivity index (χ1) is 12.9. The number of aliphatic imine (C=N–C) groups is 1. The summed E-state index contributed by atoms with van der Waals surface area (Å²) >= 11 is 3.49. The number of amides is 1. The fourth-order valence-corrected chi connectivity index (χ4v) is 3.27. The number of rotatable bonds is 4.